The van der Waals surface area contributed by atoms with Crippen LogP contribution in [0.5, 0.6) is 0 Å². The molecule has 19 heavy (non-hydrogen) atoms. The van der Waals surface area contributed by atoms with Gasteiger partial charge >= 0.3 is 12.1 Å². The summed E-state index contributed by atoms with van der Waals surface area (Å²) in [6, 6.07) is 0. The van der Waals surface area contributed by atoms with Crippen molar-refractivity contribution < 1.29 is 27.8 Å². The number of halogens is 3. The maximum Gasteiger partial charge on any atom is 0.490 e. The molecule has 2 saturated heterocycles. The molecule has 5 nitrogen and oxygen atoms in total. The molecule has 0 aromatic rings. The lowest BCUT2D eigenvalue weighted by atomic mass is 10.1. The molecule has 8 heteroatoms. The van der Waals surface area contributed by atoms with Gasteiger partial charge in [-0.15, -0.1) is 0 Å². The maximum atomic E-state index is 10.6. The molecule has 0 radical (unpaired) electrons. The van der Waals surface area contributed by atoms with E-state index < -0.39 is 12.1 Å². The summed E-state index contributed by atoms with van der Waals surface area (Å²) in [4.78, 5) is 11.4. The minimum atomic E-state index is -5.08. The molecule has 2 rings (SSSR count). The van der Waals surface area contributed by atoms with E-state index in [1.54, 1.807) is 0 Å². The van der Waals surface area contributed by atoms with Gasteiger partial charge in [-0.3, -0.25) is 4.90 Å². The maximum absolute atomic E-state index is 10.6. The quantitative estimate of drug-likeness (QED) is 0.776. The van der Waals surface area contributed by atoms with E-state index in [1.165, 1.54) is 26.1 Å². The zero-order valence-corrected chi connectivity index (χ0v) is 10.6. The third kappa shape index (κ3) is 6.74. The average Bonchev–Trinajstić information content (AvgIpc) is 2.83. The highest BCUT2D eigenvalue weighted by molar-refractivity contribution is 5.73. The van der Waals surface area contributed by atoms with Crippen molar-refractivity contribution in [1.29, 1.82) is 0 Å². The fourth-order valence-corrected chi connectivity index (χ4v) is 2.02. The van der Waals surface area contributed by atoms with Crippen LogP contribution in [0, 0.1) is 5.92 Å². The first-order valence-electron chi connectivity index (χ1n) is 6.20. The van der Waals surface area contributed by atoms with Crippen LogP contribution < -0.4 is 5.32 Å². The summed E-state index contributed by atoms with van der Waals surface area (Å²) in [6.07, 6.45) is -3.72. The van der Waals surface area contributed by atoms with Crippen LogP contribution in [0.4, 0.5) is 13.2 Å². The van der Waals surface area contributed by atoms with Crippen molar-refractivity contribution in [2.24, 2.45) is 5.92 Å². The van der Waals surface area contributed by atoms with Crippen LogP contribution in [0.25, 0.3) is 0 Å². The van der Waals surface area contributed by atoms with Gasteiger partial charge in [-0.05, 0) is 25.4 Å². The Bertz CT molecular complexity index is 275. The van der Waals surface area contributed by atoms with E-state index in [1.807, 2.05) is 0 Å². The molecular weight excluding hydrogens is 265 g/mol. The van der Waals surface area contributed by atoms with Gasteiger partial charge in [-0.1, -0.05) is 0 Å². The van der Waals surface area contributed by atoms with Crippen LogP contribution >= 0.6 is 0 Å². The minimum absolute atomic E-state index is 0.892. The topological polar surface area (TPSA) is 61.8 Å². The number of nitrogens with zero attached hydrogens (tertiary/aromatic N) is 1. The van der Waals surface area contributed by atoms with Gasteiger partial charge in [0.25, 0.3) is 0 Å². The number of carboxylic acids is 1. The van der Waals surface area contributed by atoms with Gasteiger partial charge < -0.3 is 15.2 Å². The largest absolute Gasteiger partial charge is 0.490 e. The minimum Gasteiger partial charge on any atom is -0.475 e. The van der Waals surface area contributed by atoms with E-state index in [4.69, 9.17) is 14.6 Å². The number of rotatable bonds is 2. The van der Waals surface area contributed by atoms with Gasteiger partial charge in [0, 0.05) is 19.6 Å². The summed E-state index contributed by atoms with van der Waals surface area (Å²) in [7, 11) is 0. The van der Waals surface area contributed by atoms with Crippen molar-refractivity contribution >= 4 is 5.97 Å². The molecule has 0 bridgehead atoms. The number of nitrogens with one attached hydrogen (secondary N) is 1. The molecule has 0 aromatic heterocycles. The lowest BCUT2D eigenvalue weighted by Crippen LogP contribution is -2.39. The van der Waals surface area contributed by atoms with Crippen LogP contribution in [-0.2, 0) is 9.53 Å². The van der Waals surface area contributed by atoms with Crippen molar-refractivity contribution in [3.63, 3.8) is 0 Å². The molecule has 2 heterocycles. The molecule has 0 aliphatic carbocycles. The van der Waals surface area contributed by atoms with E-state index >= 15 is 0 Å². The Balaban J connectivity index is 0.000000224. The van der Waals surface area contributed by atoms with Gasteiger partial charge in [-0.25, -0.2) is 4.79 Å². The summed E-state index contributed by atoms with van der Waals surface area (Å²) in [6.45, 7) is 7.84. The molecule has 0 unspecified atom stereocenters. The highest BCUT2D eigenvalue weighted by Gasteiger charge is 2.38. The number of alkyl halides is 3. The van der Waals surface area contributed by atoms with E-state index in [-0.39, 0.29) is 0 Å². The van der Waals surface area contributed by atoms with E-state index in [0.717, 1.165) is 32.2 Å². The number of aliphatic carboxylic acids is 1. The predicted molar refractivity (Wildman–Crippen MR) is 61.9 cm³/mol. The van der Waals surface area contributed by atoms with Crippen molar-refractivity contribution in [3.05, 3.63) is 0 Å². The average molecular weight is 284 g/mol. The molecule has 0 spiro atoms. The second-order valence-corrected chi connectivity index (χ2v) is 4.57. The predicted octanol–water partition coefficient (Wildman–Crippen LogP) is 0.561. The first-order chi connectivity index (χ1) is 8.89. The lowest BCUT2D eigenvalue weighted by molar-refractivity contribution is -0.192. The Labute approximate surface area is 109 Å². The SMILES string of the molecule is C1C[C@@H](CN2CCOCC2)CN1.O=C(O)C(F)(F)F. The molecular formula is C11H19F3N2O3. The van der Waals surface area contributed by atoms with E-state index in [2.05, 4.69) is 10.2 Å². The zero-order chi connectivity index (χ0) is 14.3. The van der Waals surface area contributed by atoms with Crippen LogP contribution in [0.1, 0.15) is 6.42 Å². The Morgan fingerprint density at radius 2 is 1.95 bits per heavy atom. The molecule has 2 aliphatic rings. The number of carboxylic acid groups (broad SMARTS) is 1. The smallest absolute Gasteiger partial charge is 0.475 e. The van der Waals surface area contributed by atoms with Gasteiger partial charge in [-0.2, -0.15) is 13.2 Å². The molecule has 0 aromatic carbocycles. The molecule has 2 N–H and O–H groups in total. The fourth-order valence-electron chi connectivity index (χ4n) is 2.02. The Kier molecular flexibility index (Phi) is 6.53. The highest BCUT2D eigenvalue weighted by atomic mass is 19.4. The van der Waals surface area contributed by atoms with Gasteiger partial charge in [0.2, 0.25) is 0 Å². The van der Waals surface area contributed by atoms with Gasteiger partial charge in [0.1, 0.15) is 0 Å². The summed E-state index contributed by atoms with van der Waals surface area (Å²) < 4.78 is 37.0. The Hall–Kier alpha value is -0.860. The fraction of sp³-hybridized carbons (Fsp3) is 0.909. The van der Waals surface area contributed by atoms with Crippen molar-refractivity contribution in [2.45, 2.75) is 12.6 Å². The third-order valence-electron chi connectivity index (χ3n) is 3.02. The first kappa shape index (κ1) is 16.2. The number of ether oxygens (including phenoxy) is 1. The monoisotopic (exact) mass is 284 g/mol. The van der Waals surface area contributed by atoms with Crippen LogP contribution in [0.3, 0.4) is 0 Å². The molecule has 1 atom stereocenters. The number of morpholine rings is 1. The molecule has 112 valence electrons. The Morgan fingerprint density at radius 1 is 1.37 bits per heavy atom. The molecule has 0 amide bonds. The second kappa shape index (κ2) is 7.66. The van der Waals surface area contributed by atoms with Crippen LogP contribution in [-0.4, -0.2) is 68.1 Å². The molecule has 2 fully saturated rings. The number of carbonyl (C=O) groups is 1. The van der Waals surface area contributed by atoms with Crippen LogP contribution in [0.2, 0.25) is 0 Å². The lowest BCUT2D eigenvalue weighted by Gasteiger charge is -2.28. The van der Waals surface area contributed by atoms with Crippen molar-refractivity contribution in [3.8, 4) is 0 Å². The normalized spacial score (nSPS) is 24.7. The van der Waals surface area contributed by atoms with Crippen molar-refractivity contribution in [1.82, 2.24) is 10.2 Å². The summed E-state index contributed by atoms with van der Waals surface area (Å²) in [5, 5.41) is 10.5. The zero-order valence-electron chi connectivity index (χ0n) is 10.6. The summed E-state index contributed by atoms with van der Waals surface area (Å²) in [5.74, 6) is -1.87. The van der Waals surface area contributed by atoms with Crippen LogP contribution in [0.15, 0.2) is 0 Å². The summed E-state index contributed by atoms with van der Waals surface area (Å²) >= 11 is 0. The first-order valence-corrected chi connectivity index (χ1v) is 6.20. The van der Waals surface area contributed by atoms with E-state index in [0.29, 0.717) is 0 Å². The number of hydrogen-bond donors (Lipinski definition) is 2. The van der Waals surface area contributed by atoms with Gasteiger partial charge in [0.15, 0.2) is 0 Å². The Morgan fingerprint density at radius 3 is 2.37 bits per heavy atom. The standard InChI is InChI=1S/C9H18N2O.C2HF3O2/c1-2-10-7-9(1)8-11-3-5-12-6-4-11;3-2(4,5)1(6)7/h9-10H,1-8H2;(H,6,7)/t9-;/m1./s1. The highest BCUT2D eigenvalue weighted by Crippen LogP contribution is 2.13. The second-order valence-electron chi connectivity index (χ2n) is 4.57. The molecule has 0 saturated carbocycles. The molecule has 2 aliphatic heterocycles. The summed E-state index contributed by atoms with van der Waals surface area (Å²) in [5.41, 5.74) is 0. The number of hydrogen-bond acceptors (Lipinski definition) is 4. The van der Waals surface area contributed by atoms with Crippen molar-refractivity contribution in [2.75, 3.05) is 45.9 Å². The van der Waals surface area contributed by atoms with E-state index in [9.17, 15) is 13.2 Å². The third-order valence-corrected chi connectivity index (χ3v) is 3.02. The van der Waals surface area contributed by atoms with Gasteiger partial charge in [0.05, 0.1) is 13.2 Å².